The predicted molar refractivity (Wildman–Crippen MR) is 71.3 cm³/mol. The Hall–Kier alpha value is -1.68. The Kier molecular flexibility index (Phi) is 3.77. The zero-order chi connectivity index (χ0) is 13.1. The standard InChI is InChI=1S/C14H19N3O/c1-9(2)13-15-14(17-16-13)12-7-5-6-11(8-12)10(3)18-4/h5-10H,1-4H3,(H,15,16,17)/t10-/m0/s1. The van der Waals surface area contributed by atoms with Gasteiger partial charge in [-0.1, -0.05) is 32.0 Å². The molecule has 1 heterocycles. The third-order valence-corrected chi connectivity index (χ3v) is 3.02. The molecule has 4 heteroatoms. The summed E-state index contributed by atoms with van der Waals surface area (Å²) >= 11 is 0. The lowest BCUT2D eigenvalue weighted by Gasteiger charge is -2.10. The van der Waals surface area contributed by atoms with Crippen LogP contribution in [0.2, 0.25) is 0 Å². The molecule has 2 rings (SSSR count). The molecule has 1 aromatic heterocycles. The molecule has 0 aliphatic carbocycles. The van der Waals surface area contributed by atoms with Crippen molar-refractivity contribution in [2.75, 3.05) is 7.11 Å². The van der Waals surface area contributed by atoms with E-state index in [0.29, 0.717) is 5.92 Å². The third kappa shape index (κ3) is 2.59. The van der Waals surface area contributed by atoms with Crippen LogP contribution < -0.4 is 0 Å². The van der Waals surface area contributed by atoms with E-state index < -0.39 is 0 Å². The Morgan fingerprint density at radius 1 is 1.22 bits per heavy atom. The van der Waals surface area contributed by atoms with Gasteiger partial charge in [0.25, 0.3) is 0 Å². The van der Waals surface area contributed by atoms with Crippen molar-refractivity contribution >= 4 is 0 Å². The van der Waals surface area contributed by atoms with Gasteiger partial charge < -0.3 is 4.74 Å². The van der Waals surface area contributed by atoms with Crippen LogP contribution >= 0.6 is 0 Å². The van der Waals surface area contributed by atoms with Crippen molar-refractivity contribution < 1.29 is 4.74 Å². The molecule has 0 unspecified atom stereocenters. The summed E-state index contributed by atoms with van der Waals surface area (Å²) in [4.78, 5) is 4.50. The summed E-state index contributed by atoms with van der Waals surface area (Å²) in [6.45, 7) is 6.21. The molecule has 0 fully saturated rings. The number of benzene rings is 1. The maximum absolute atomic E-state index is 5.32. The summed E-state index contributed by atoms with van der Waals surface area (Å²) < 4.78 is 5.32. The van der Waals surface area contributed by atoms with Crippen molar-refractivity contribution in [3.05, 3.63) is 35.7 Å². The van der Waals surface area contributed by atoms with Gasteiger partial charge in [-0.25, -0.2) is 4.98 Å². The maximum atomic E-state index is 5.32. The molecule has 96 valence electrons. The van der Waals surface area contributed by atoms with Crippen LogP contribution in [0.4, 0.5) is 0 Å². The van der Waals surface area contributed by atoms with Gasteiger partial charge in [-0.2, -0.15) is 5.10 Å². The minimum absolute atomic E-state index is 0.0773. The van der Waals surface area contributed by atoms with E-state index in [-0.39, 0.29) is 6.10 Å². The molecule has 0 aliphatic rings. The fourth-order valence-corrected chi connectivity index (χ4v) is 1.73. The van der Waals surface area contributed by atoms with Crippen molar-refractivity contribution in [1.82, 2.24) is 15.2 Å². The average Bonchev–Trinajstić information content (AvgIpc) is 2.88. The van der Waals surface area contributed by atoms with Gasteiger partial charge in [0.15, 0.2) is 5.82 Å². The van der Waals surface area contributed by atoms with E-state index in [1.165, 1.54) is 0 Å². The highest BCUT2D eigenvalue weighted by Gasteiger charge is 2.10. The van der Waals surface area contributed by atoms with Crippen LogP contribution in [-0.4, -0.2) is 22.3 Å². The first kappa shape index (κ1) is 12.8. The van der Waals surface area contributed by atoms with Crippen LogP contribution in [-0.2, 0) is 4.74 Å². The molecule has 0 radical (unpaired) electrons. The zero-order valence-electron chi connectivity index (χ0n) is 11.3. The number of rotatable bonds is 4. The molecule has 1 aromatic carbocycles. The molecule has 1 atom stereocenters. The van der Waals surface area contributed by atoms with Crippen molar-refractivity contribution in [2.24, 2.45) is 0 Å². The Bertz CT molecular complexity index is 519. The van der Waals surface area contributed by atoms with E-state index in [4.69, 9.17) is 4.74 Å². The summed E-state index contributed by atoms with van der Waals surface area (Å²) in [5.74, 6) is 2.01. The van der Waals surface area contributed by atoms with Crippen molar-refractivity contribution in [2.45, 2.75) is 32.8 Å². The summed E-state index contributed by atoms with van der Waals surface area (Å²) in [5, 5.41) is 7.23. The molecular formula is C14H19N3O. The van der Waals surface area contributed by atoms with Crippen LogP contribution in [0, 0.1) is 0 Å². The van der Waals surface area contributed by atoms with Crippen molar-refractivity contribution in [1.29, 1.82) is 0 Å². The Balaban J connectivity index is 2.32. The monoisotopic (exact) mass is 245 g/mol. The fraction of sp³-hybridized carbons (Fsp3) is 0.429. The van der Waals surface area contributed by atoms with Crippen LogP contribution in [0.5, 0.6) is 0 Å². The van der Waals surface area contributed by atoms with E-state index in [2.05, 4.69) is 35.1 Å². The highest BCUT2D eigenvalue weighted by Crippen LogP contribution is 2.22. The fourth-order valence-electron chi connectivity index (χ4n) is 1.73. The molecule has 18 heavy (non-hydrogen) atoms. The van der Waals surface area contributed by atoms with E-state index in [0.717, 1.165) is 22.8 Å². The molecule has 0 saturated heterocycles. The SMILES string of the molecule is CO[C@@H](C)c1cccc(-c2n[nH]c(C(C)C)n2)c1. The van der Waals surface area contributed by atoms with E-state index >= 15 is 0 Å². The van der Waals surface area contributed by atoms with Gasteiger partial charge in [-0.15, -0.1) is 0 Å². The molecule has 0 saturated carbocycles. The lowest BCUT2D eigenvalue weighted by molar-refractivity contribution is 0.119. The second-order valence-corrected chi connectivity index (χ2v) is 4.70. The van der Waals surface area contributed by atoms with E-state index in [1.54, 1.807) is 7.11 Å². The van der Waals surface area contributed by atoms with Gasteiger partial charge in [0.05, 0.1) is 6.10 Å². The van der Waals surface area contributed by atoms with Crippen LogP contribution in [0.1, 0.15) is 44.2 Å². The minimum atomic E-state index is 0.0773. The maximum Gasteiger partial charge on any atom is 0.181 e. The first-order chi connectivity index (χ1) is 8.61. The largest absolute Gasteiger partial charge is 0.377 e. The minimum Gasteiger partial charge on any atom is -0.377 e. The average molecular weight is 245 g/mol. The lowest BCUT2D eigenvalue weighted by atomic mass is 10.1. The molecule has 0 spiro atoms. The van der Waals surface area contributed by atoms with E-state index in [1.807, 2.05) is 25.1 Å². The smallest absolute Gasteiger partial charge is 0.181 e. The lowest BCUT2D eigenvalue weighted by Crippen LogP contribution is -1.96. The summed E-state index contributed by atoms with van der Waals surface area (Å²) in [6.07, 6.45) is 0.0773. The first-order valence-corrected chi connectivity index (χ1v) is 6.17. The number of nitrogens with zero attached hydrogens (tertiary/aromatic N) is 2. The quantitative estimate of drug-likeness (QED) is 0.899. The highest BCUT2D eigenvalue weighted by atomic mass is 16.5. The molecular weight excluding hydrogens is 226 g/mol. The Morgan fingerprint density at radius 2 is 2.00 bits per heavy atom. The second-order valence-electron chi connectivity index (χ2n) is 4.70. The normalized spacial score (nSPS) is 12.9. The Morgan fingerprint density at radius 3 is 2.61 bits per heavy atom. The van der Waals surface area contributed by atoms with Gasteiger partial charge in [0.2, 0.25) is 0 Å². The highest BCUT2D eigenvalue weighted by molar-refractivity contribution is 5.56. The van der Waals surface area contributed by atoms with E-state index in [9.17, 15) is 0 Å². The molecule has 4 nitrogen and oxygen atoms in total. The number of ether oxygens (including phenoxy) is 1. The third-order valence-electron chi connectivity index (χ3n) is 3.02. The number of H-pyrrole nitrogens is 1. The summed E-state index contributed by atoms with van der Waals surface area (Å²) in [5.41, 5.74) is 2.14. The number of aromatic nitrogens is 3. The predicted octanol–water partition coefficient (Wildman–Crippen LogP) is 3.30. The molecule has 0 bridgehead atoms. The number of aromatic amines is 1. The molecule has 1 N–H and O–H groups in total. The number of hydrogen-bond donors (Lipinski definition) is 1. The van der Waals surface area contributed by atoms with Crippen molar-refractivity contribution in [3.63, 3.8) is 0 Å². The van der Waals surface area contributed by atoms with Crippen LogP contribution in [0.25, 0.3) is 11.4 Å². The van der Waals surface area contributed by atoms with Crippen LogP contribution in [0.3, 0.4) is 0 Å². The second kappa shape index (κ2) is 5.31. The molecule has 0 aliphatic heterocycles. The van der Waals surface area contributed by atoms with Crippen molar-refractivity contribution in [3.8, 4) is 11.4 Å². The number of nitrogens with one attached hydrogen (secondary N) is 1. The van der Waals surface area contributed by atoms with Crippen LogP contribution in [0.15, 0.2) is 24.3 Å². The van der Waals surface area contributed by atoms with Gasteiger partial charge in [-0.05, 0) is 18.6 Å². The molecule has 2 aromatic rings. The van der Waals surface area contributed by atoms with Gasteiger partial charge in [0.1, 0.15) is 5.82 Å². The number of methoxy groups -OCH3 is 1. The topological polar surface area (TPSA) is 50.8 Å². The molecule has 0 amide bonds. The summed E-state index contributed by atoms with van der Waals surface area (Å²) in [7, 11) is 1.71. The Labute approximate surface area is 107 Å². The number of hydrogen-bond acceptors (Lipinski definition) is 3. The van der Waals surface area contributed by atoms with Gasteiger partial charge in [-0.3, -0.25) is 5.10 Å². The van der Waals surface area contributed by atoms with Gasteiger partial charge in [0, 0.05) is 18.6 Å². The zero-order valence-corrected chi connectivity index (χ0v) is 11.3. The first-order valence-electron chi connectivity index (χ1n) is 6.17. The van der Waals surface area contributed by atoms with Gasteiger partial charge >= 0.3 is 0 Å². The summed E-state index contributed by atoms with van der Waals surface area (Å²) in [6, 6.07) is 8.14.